The number of ether oxygens (including phenoxy) is 1. The van der Waals surface area contributed by atoms with Gasteiger partial charge in [0, 0.05) is 4.47 Å². The van der Waals surface area contributed by atoms with Crippen LogP contribution in [-0.4, -0.2) is 15.2 Å². The molecule has 3 aromatic rings. The Hall–Kier alpha value is -2.21. The molecular formula is C13H9BrN4O. The van der Waals surface area contributed by atoms with E-state index < -0.39 is 0 Å². The molecule has 0 amide bonds. The minimum Gasteiger partial charge on any atom is -0.421 e. The molecule has 0 bridgehead atoms. The highest BCUT2D eigenvalue weighted by molar-refractivity contribution is 9.10. The fourth-order valence-corrected chi connectivity index (χ4v) is 2.00. The number of fused-ring (bicyclic) bond motifs is 1. The molecule has 1 heterocycles. The Morgan fingerprint density at radius 2 is 1.79 bits per heavy atom. The number of para-hydroxylation sites is 1. The van der Waals surface area contributed by atoms with Crippen molar-refractivity contribution in [2.75, 3.05) is 5.73 Å². The average Bonchev–Trinajstić information content (AvgIpc) is 2.42. The summed E-state index contributed by atoms with van der Waals surface area (Å²) in [4.78, 5) is 4.27. The number of rotatable bonds is 2. The first-order valence-corrected chi connectivity index (χ1v) is 6.34. The highest BCUT2D eigenvalue weighted by Crippen LogP contribution is 2.28. The lowest BCUT2D eigenvalue weighted by molar-refractivity contribution is 0.439. The molecule has 0 atom stereocenters. The van der Waals surface area contributed by atoms with Crippen molar-refractivity contribution in [2.24, 2.45) is 0 Å². The fraction of sp³-hybridized carbons (Fsp3) is 0. The van der Waals surface area contributed by atoms with Crippen molar-refractivity contribution in [3.8, 4) is 11.8 Å². The van der Waals surface area contributed by atoms with Gasteiger partial charge in [0.2, 0.25) is 0 Å². The summed E-state index contributed by atoms with van der Waals surface area (Å²) in [6, 6.07) is 13.0. The van der Waals surface area contributed by atoms with E-state index in [0.29, 0.717) is 11.4 Å². The monoisotopic (exact) mass is 316 g/mol. The minimum atomic E-state index is 0.174. The Morgan fingerprint density at radius 1 is 1.00 bits per heavy atom. The molecule has 0 radical (unpaired) electrons. The largest absolute Gasteiger partial charge is 0.421 e. The highest BCUT2D eigenvalue weighted by Gasteiger charge is 2.06. The zero-order chi connectivity index (χ0) is 13.2. The van der Waals surface area contributed by atoms with Crippen molar-refractivity contribution in [1.29, 1.82) is 0 Å². The standard InChI is InChI=1S/C13H9BrN4O/c14-8-5-6-12(9(15)7-8)19-13-16-10-3-1-2-4-11(10)17-18-13/h1-7H,15H2. The smallest absolute Gasteiger partial charge is 0.341 e. The normalized spacial score (nSPS) is 10.6. The molecule has 5 nitrogen and oxygen atoms in total. The third-order valence-corrected chi connectivity index (χ3v) is 3.01. The van der Waals surface area contributed by atoms with Gasteiger partial charge in [-0.15, -0.1) is 5.10 Å². The van der Waals surface area contributed by atoms with E-state index in [0.717, 1.165) is 15.5 Å². The van der Waals surface area contributed by atoms with Gasteiger partial charge in [-0.05, 0) is 30.3 Å². The summed E-state index contributed by atoms with van der Waals surface area (Å²) in [7, 11) is 0. The van der Waals surface area contributed by atoms with E-state index in [4.69, 9.17) is 10.5 Å². The van der Waals surface area contributed by atoms with Crippen LogP contribution in [0.1, 0.15) is 0 Å². The molecule has 3 rings (SSSR count). The Balaban J connectivity index is 1.96. The van der Waals surface area contributed by atoms with Gasteiger partial charge in [0.05, 0.1) is 11.2 Å². The number of halogens is 1. The molecular weight excluding hydrogens is 308 g/mol. The van der Waals surface area contributed by atoms with E-state index in [1.807, 2.05) is 30.3 Å². The van der Waals surface area contributed by atoms with Gasteiger partial charge in [-0.25, -0.2) is 0 Å². The van der Waals surface area contributed by atoms with E-state index >= 15 is 0 Å². The molecule has 0 spiro atoms. The number of nitrogens with two attached hydrogens (primary N) is 1. The molecule has 2 N–H and O–H groups in total. The van der Waals surface area contributed by atoms with Crippen molar-refractivity contribution in [2.45, 2.75) is 0 Å². The number of hydrogen-bond donors (Lipinski definition) is 1. The molecule has 0 aliphatic heterocycles. The van der Waals surface area contributed by atoms with Crippen molar-refractivity contribution in [3.63, 3.8) is 0 Å². The molecule has 0 saturated carbocycles. The third-order valence-electron chi connectivity index (χ3n) is 2.51. The fourth-order valence-electron chi connectivity index (χ4n) is 1.62. The second-order valence-corrected chi connectivity index (χ2v) is 4.78. The number of hydrogen-bond acceptors (Lipinski definition) is 5. The first kappa shape index (κ1) is 11.9. The summed E-state index contributed by atoms with van der Waals surface area (Å²) < 4.78 is 6.43. The van der Waals surface area contributed by atoms with E-state index in [1.54, 1.807) is 12.1 Å². The maximum Gasteiger partial charge on any atom is 0.341 e. The molecule has 19 heavy (non-hydrogen) atoms. The van der Waals surface area contributed by atoms with Gasteiger partial charge in [-0.1, -0.05) is 33.2 Å². The van der Waals surface area contributed by atoms with Crippen molar-refractivity contribution >= 4 is 32.7 Å². The van der Waals surface area contributed by atoms with E-state index in [9.17, 15) is 0 Å². The number of aromatic nitrogens is 3. The van der Waals surface area contributed by atoms with Gasteiger partial charge in [0.1, 0.15) is 5.52 Å². The molecule has 0 aliphatic carbocycles. The lowest BCUT2D eigenvalue weighted by Crippen LogP contribution is -1.97. The van der Waals surface area contributed by atoms with Crippen molar-refractivity contribution in [1.82, 2.24) is 15.2 Å². The van der Waals surface area contributed by atoms with Crippen LogP contribution < -0.4 is 10.5 Å². The minimum absolute atomic E-state index is 0.174. The molecule has 0 fully saturated rings. The quantitative estimate of drug-likeness (QED) is 0.735. The number of nitrogen functional groups attached to an aromatic ring is 1. The zero-order valence-electron chi connectivity index (χ0n) is 9.75. The average molecular weight is 317 g/mol. The number of anilines is 1. The summed E-state index contributed by atoms with van der Waals surface area (Å²) >= 11 is 3.34. The Labute approximate surface area is 117 Å². The summed E-state index contributed by atoms with van der Waals surface area (Å²) in [5.74, 6) is 0.500. The van der Waals surface area contributed by atoms with Crippen LogP contribution in [0, 0.1) is 0 Å². The molecule has 0 unspecified atom stereocenters. The van der Waals surface area contributed by atoms with Crippen LogP contribution >= 0.6 is 15.9 Å². The number of benzene rings is 2. The van der Waals surface area contributed by atoms with Crippen LogP contribution in [0.5, 0.6) is 11.8 Å². The predicted molar refractivity (Wildman–Crippen MR) is 76.0 cm³/mol. The van der Waals surface area contributed by atoms with Gasteiger partial charge in [0.25, 0.3) is 0 Å². The third kappa shape index (κ3) is 2.48. The molecule has 0 aliphatic rings. The van der Waals surface area contributed by atoms with Gasteiger partial charge < -0.3 is 10.5 Å². The highest BCUT2D eigenvalue weighted by atomic mass is 79.9. The summed E-state index contributed by atoms with van der Waals surface area (Å²) in [5.41, 5.74) is 7.80. The molecule has 0 saturated heterocycles. The van der Waals surface area contributed by atoms with Gasteiger partial charge in [-0.3, -0.25) is 0 Å². The molecule has 94 valence electrons. The lowest BCUT2D eigenvalue weighted by Gasteiger charge is -2.06. The van der Waals surface area contributed by atoms with E-state index in [1.165, 1.54) is 0 Å². The number of nitrogens with zero attached hydrogens (tertiary/aromatic N) is 3. The first-order valence-electron chi connectivity index (χ1n) is 5.55. The zero-order valence-corrected chi connectivity index (χ0v) is 11.3. The van der Waals surface area contributed by atoms with Crippen LogP contribution in [0.15, 0.2) is 46.9 Å². The second-order valence-electron chi connectivity index (χ2n) is 3.87. The Morgan fingerprint density at radius 3 is 2.58 bits per heavy atom. The SMILES string of the molecule is Nc1cc(Br)ccc1Oc1nnc2ccccc2n1. The lowest BCUT2D eigenvalue weighted by atomic mass is 10.3. The molecule has 6 heteroatoms. The first-order chi connectivity index (χ1) is 9.22. The van der Waals surface area contributed by atoms with Gasteiger partial charge in [0.15, 0.2) is 5.75 Å². The van der Waals surface area contributed by atoms with Gasteiger partial charge in [-0.2, -0.15) is 4.98 Å². The van der Waals surface area contributed by atoms with Gasteiger partial charge >= 0.3 is 6.01 Å². The maximum absolute atomic E-state index is 5.85. The summed E-state index contributed by atoms with van der Waals surface area (Å²) in [6.07, 6.45) is 0. The maximum atomic E-state index is 5.85. The Kier molecular flexibility index (Phi) is 3.00. The second kappa shape index (κ2) is 4.81. The van der Waals surface area contributed by atoms with E-state index in [-0.39, 0.29) is 6.01 Å². The van der Waals surface area contributed by atoms with Crippen LogP contribution in [0.2, 0.25) is 0 Å². The van der Waals surface area contributed by atoms with E-state index in [2.05, 4.69) is 31.1 Å². The van der Waals surface area contributed by atoms with Crippen molar-refractivity contribution in [3.05, 3.63) is 46.9 Å². The van der Waals surface area contributed by atoms with Crippen LogP contribution in [0.3, 0.4) is 0 Å². The summed E-state index contributed by atoms with van der Waals surface area (Å²) in [5, 5.41) is 7.95. The molecule has 2 aromatic carbocycles. The topological polar surface area (TPSA) is 73.9 Å². The van der Waals surface area contributed by atoms with Crippen molar-refractivity contribution < 1.29 is 4.74 Å². The molecule has 1 aromatic heterocycles. The van der Waals surface area contributed by atoms with Crippen LogP contribution in [0.4, 0.5) is 5.69 Å². The predicted octanol–water partition coefficient (Wildman–Crippen LogP) is 3.16. The van der Waals surface area contributed by atoms with Crippen LogP contribution in [0.25, 0.3) is 11.0 Å². The van der Waals surface area contributed by atoms with Crippen LogP contribution in [-0.2, 0) is 0 Å². The summed E-state index contributed by atoms with van der Waals surface area (Å²) in [6.45, 7) is 0. The Bertz CT molecular complexity index is 748.